The van der Waals surface area contributed by atoms with Gasteiger partial charge in [-0.05, 0) is 42.7 Å². The van der Waals surface area contributed by atoms with E-state index in [-0.39, 0.29) is 18.7 Å². The summed E-state index contributed by atoms with van der Waals surface area (Å²) in [6.45, 7) is 6.65. The Bertz CT molecular complexity index is 2140. The fourth-order valence-corrected chi connectivity index (χ4v) is 8.52. The van der Waals surface area contributed by atoms with E-state index in [0.717, 1.165) is 22.3 Å². The molecule has 0 spiro atoms. The van der Waals surface area contributed by atoms with Gasteiger partial charge in [0.2, 0.25) is 28.3 Å². The number of oxime groups is 1. The molecule has 5 atom stereocenters. The normalized spacial score (nSPS) is 23.4. The van der Waals surface area contributed by atoms with Gasteiger partial charge < -0.3 is 20.4 Å². The van der Waals surface area contributed by atoms with Crippen LogP contribution >= 0.6 is 0 Å². The highest BCUT2D eigenvalue weighted by molar-refractivity contribution is 7.91. The van der Waals surface area contributed by atoms with Crippen LogP contribution in [0.2, 0.25) is 0 Å². The highest BCUT2D eigenvalue weighted by Gasteiger charge is 2.67. The number of likely N-dealkylation sites (tertiary alicyclic amines) is 1. The van der Waals surface area contributed by atoms with Crippen LogP contribution in [0.1, 0.15) is 73.8 Å². The average molecular weight is 778 g/mol. The van der Waals surface area contributed by atoms with Crippen molar-refractivity contribution in [3.05, 3.63) is 83.4 Å². The van der Waals surface area contributed by atoms with E-state index in [9.17, 15) is 36.4 Å². The van der Waals surface area contributed by atoms with Crippen LogP contribution in [0.3, 0.4) is 0 Å². The number of hydrogen-bond donors (Lipinski definition) is 3. The highest BCUT2D eigenvalue weighted by Crippen LogP contribution is 2.48. The number of aryl methyl sites for hydroxylation is 1. The second kappa shape index (κ2) is 14.1. The Morgan fingerprint density at radius 1 is 0.964 bits per heavy atom. The van der Waals surface area contributed by atoms with Crippen LogP contribution in [0.5, 0.6) is 0 Å². The summed E-state index contributed by atoms with van der Waals surface area (Å²) in [6, 6.07) is 12.7. The first kappa shape index (κ1) is 38.0. The van der Waals surface area contributed by atoms with E-state index in [1.54, 1.807) is 27.7 Å². The average Bonchev–Trinajstić information content (AvgIpc) is 4.05. The minimum absolute atomic E-state index is 0.0431. The molecule has 3 N–H and O–H groups in total. The summed E-state index contributed by atoms with van der Waals surface area (Å²) in [7, 11) is -4.13. The van der Waals surface area contributed by atoms with Gasteiger partial charge in [-0.3, -0.25) is 28.9 Å². The fraction of sp³-hybridized carbons (Fsp3) is 0.447. The lowest BCUT2D eigenvalue weighted by atomic mass is 9.85. The first-order chi connectivity index (χ1) is 26.0. The molecule has 0 bridgehead atoms. The van der Waals surface area contributed by atoms with Crippen molar-refractivity contribution in [3.8, 4) is 11.1 Å². The van der Waals surface area contributed by atoms with E-state index in [2.05, 4.69) is 25.8 Å². The van der Waals surface area contributed by atoms with Crippen LogP contribution in [0, 0.1) is 18.3 Å². The molecule has 2 saturated carbocycles. The van der Waals surface area contributed by atoms with E-state index in [1.165, 1.54) is 17.3 Å². The van der Waals surface area contributed by atoms with E-state index >= 15 is 0 Å². The number of hydrogen-bond acceptors (Lipinski definition) is 10. The van der Waals surface area contributed by atoms with Gasteiger partial charge in [-0.15, -0.1) is 0 Å². The molecule has 4 aliphatic rings. The molecule has 0 radical (unpaired) electrons. The number of nitrogens with zero attached hydrogens (tertiary/aromatic N) is 4. The summed E-state index contributed by atoms with van der Waals surface area (Å²) >= 11 is 0. The number of alkyl halides is 2. The number of fused-ring (bicyclic) bond motifs is 3. The maximum atomic E-state index is 14.5. The summed E-state index contributed by atoms with van der Waals surface area (Å²) in [6.07, 6.45) is -1.29. The molecule has 1 aliphatic heterocycles. The SMILES string of the molecule is Cc1cnc(C(=O)N[C@H](C(=O)N2C[C@H](ON=C3c4ccccc4-c4ccccc43)CC2C(=O)N[C@@]2(C(=O)NS(=O)(=O)C3CC3)C[C@H]2C(F)F)C(C)(C)C)cn1. The number of sulfonamides is 1. The molecule has 4 amide bonds. The zero-order chi connectivity index (χ0) is 39.4. The van der Waals surface area contributed by atoms with Gasteiger partial charge in [0.25, 0.3) is 11.8 Å². The number of nitrogens with one attached hydrogen (secondary N) is 3. The number of carbonyl (C=O) groups is 4. The lowest BCUT2D eigenvalue weighted by Gasteiger charge is -2.35. The van der Waals surface area contributed by atoms with Crippen LogP contribution in [-0.4, -0.2) is 94.6 Å². The zero-order valence-corrected chi connectivity index (χ0v) is 31.4. The molecule has 3 aromatic rings. The van der Waals surface area contributed by atoms with Crippen molar-refractivity contribution >= 4 is 39.4 Å². The number of aromatic nitrogens is 2. The number of carbonyl (C=O) groups excluding carboxylic acids is 4. The Morgan fingerprint density at radius 3 is 2.11 bits per heavy atom. The number of halogens is 2. The second-order valence-electron chi connectivity index (χ2n) is 15.6. The van der Waals surface area contributed by atoms with E-state index in [1.807, 2.05) is 53.3 Å². The fourth-order valence-electron chi connectivity index (χ4n) is 7.15. The molecule has 1 unspecified atom stereocenters. The van der Waals surface area contributed by atoms with E-state index in [4.69, 9.17) is 4.84 Å². The Labute approximate surface area is 316 Å². The predicted octanol–water partition coefficient (Wildman–Crippen LogP) is 3.10. The highest BCUT2D eigenvalue weighted by atomic mass is 32.2. The Balaban J connectivity index is 1.19. The molecular weight excluding hydrogens is 737 g/mol. The summed E-state index contributed by atoms with van der Waals surface area (Å²) in [5.41, 5.74) is 1.48. The second-order valence-corrected chi connectivity index (χ2v) is 17.6. The Morgan fingerprint density at radius 2 is 1.58 bits per heavy atom. The van der Waals surface area contributed by atoms with Crippen molar-refractivity contribution in [3.63, 3.8) is 0 Å². The van der Waals surface area contributed by atoms with Crippen molar-refractivity contribution in [2.24, 2.45) is 16.5 Å². The molecule has 7 rings (SSSR count). The van der Waals surface area contributed by atoms with Gasteiger partial charge in [0.15, 0.2) is 0 Å². The zero-order valence-electron chi connectivity index (χ0n) is 30.6. The Kier molecular flexibility index (Phi) is 9.72. The largest absolute Gasteiger partial charge is 0.390 e. The maximum Gasteiger partial charge on any atom is 0.272 e. The van der Waals surface area contributed by atoms with Gasteiger partial charge in [-0.2, -0.15) is 0 Å². The van der Waals surface area contributed by atoms with Gasteiger partial charge in [0, 0.05) is 23.7 Å². The number of amides is 4. The summed E-state index contributed by atoms with van der Waals surface area (Å²) in [4.78, 5) is 70.9. The van der Waals surface area contributed by atoms with Gasteiger partial charge >= 0.3 is 0 Å². The van der Waals surface area contributed by atoms with Crippen molar-refractivity contribution in [2.75, 3.05) is 6.54 Å². The first-order valence-corrected chi connectivity index (χ1v) is 19.5. The minimum Gasteiger partial charge on any atom is -0.390 e. The third-order valence-electron chi connectivity index (χ3n) is 10.5. The molecule has 1 saturated heterocycles. The van der Waals surface area contributed by atoms with Crippen molar-refractivity contribution < 1.29 is 41.2 Å². The molecule has 3 aliphatic carbocycles. The van der Waals surface area contributed by atoms with Gasteiger partial charge in [-0.25, -0.2) is 22.2 Å². The topological polar surface area (TPSA) is 189 Å². The predicted molar refractivity (Wildman–Crippen MR) is 195 cm³/mol. The van der Waals surface area contributed by atoms with Crippen molar-refractivity contribution in [1.29, 1.82) is 0 Å². The summed E-state index contributed by atoms with van der Waals surface area (Å²) in [5, 5.41) is 8.83. The van der Waals surface area contributed by atoms with Gasteiger partial charge in [0.05, 0.1) is 29.6 Å². The van der Waals surface area contributed by atoms with E-state index < -0.39 is 86.8 Å². The maximum absolute atomic E-state index is 14.5. The lowest BCUT2D eigenvalue weighted by molar-refractivity contribution is -0.143. The van der Waals surface area contributed by atoms with Crippen molar-refractivity contribution in [2.45, 2.75) is 88.8 Å². The Hall–Kier alpha value is -5.32. The van der Waals surface area contributed by atoms with Crippen LogP contribution in [-0.2, 0) is 29.2 Å². The standard InChI is InChI=1S/C38H41F2N7O7S/c1-20-17-42-28(18-41-20)33(48)43-31(37(2,3)4)35(50)47-19-21(54-45-30-25-11-7-5-9-23(25)24-10-6-8-12-26(24)30)15-29(47)34(49)44-38(16-27(38)32(39)40)36(51)46-55(52,53)22-13-14-22/h5-12,17-18,21-22,27,29,31-32H,13-16,19H2,1-4H3,(H,43,48)(H,44,49)(H,46,51)/t21-,27+,29?,31-,38+/m1/s1. The monoisotopic (exact) mass is 777 g/mol. The smallest absolute Gasteiger partial charge is 0.272 e. The quantitative estimate of drug-likeness (QED) is 0.192. The molecule has 17 heteroatoms. The molecule has 290 valence electrons. The third kappa shape index (κ3) is 7.41. The molecule has 3 fully saturated rings. The molecular formula is C38H41F2N7O7S. The molecule has 2 aromatic carbocycles. The lowest BCUT2D eigenvalue weighted by Crippen LogP contribution is -2.60. The third-order valence-corrected chi connectivity index (χ3v) is 12.3. The molecule has 55 heavy (non-hydrogen) atoms. The van der Waals surface area contributed by atoms with Crippen LogP contribution in [0.25, 0.3) is 11.1 Å². The van der Waals surface area contributed by atoms with Crippen molar-refractivity contribution in [1.82, 2.24) is 30.2 Å². The molecule has 2 heterocycles. The number of benzene rings is 2. The number of rotatable bonds is 11. The van der Waals surface area contributed by atoms with Gasteiger partial charge in [-0.1, -0.05) is 74.5 Å². The molecule has 1 aromatic heterocycles. The van der Waals surface area contributed by atoms with Gasteiger partial charge in [0.1, 0.15) is 35.1 Å². The van der Waals surface area contributed by atoms with E-state index in [0.29, 0.717) is 24.2 Å². The van der Waals surface area contributed by atoms with Crippen LogP contribution < -0.4 is 15.4 Å². The first-order valence-electron chi connectivity index (χ1n) is 18.0. The molecule has 14 nitrogen and oxygen atoms in total. The minimum atomic E-state index is -4.13. The van der Waals surface area contributed by atoms with Crippen LogP contribution in [0.15, 0.2) is 66.1 Å². The van der Waals surface area contributed by atoms with Crippen LogP contribution in [0.4, 0.5) is 8.78 Å². The summed E-state index contributed by atoms with van der Waals surface area (Å²) < 4.78 is 55.4. The summed E-state index contributed by atoms with van der Waals surface area (Å²) in [5.74, 6) is -5.26.